The fourth-order valence-electron chi connectivity index (χ4n) is 3.60. The lowest BCUT2D eigenvalue weighted by Crippen LogP contribution is -2.30. The van der Waals surface area contributed by atoms with Crippen LogP contribution in [0.2, 0.25) is 0 Å². The van der Waals surface area contributed by atoms with Gasteiger partial charge in [-0.15, -0.1) is 0 Å². The molecule has 0 aromatic heterocycles. The number of hydrogen-bond donors (Lipinski definition) is 1. The second-order valence-corrected chi connectivity index (χ2v) is 6.48. The highest BCUT2D eigenvalue weighted by Gasteiger charge is 2.37. The number of fused-ring (bicyclic) bond motifs is 2. The van der Waals surface area contributed by atoms with Gasteiger partial charge in [0.1, 0.15) is 11.6 Å². The molecule has 7 heteroatoms. The summed E-state index contributed by atoms with van der Waals surface area (Å²) in [6.07, 6.45) is 0. The molecule has 0 saturated carbocycles. The van der Waals surface area contributed by atoms with Crippen molar-refractivity contribution in [3.05, 3.63) is 57.9 Å². The molecule has 2 aromatic carbocycles. The third-order valence-electron chi connectivity index (χ3n) is 4.61. The third kappa shape index (κ3) is 2.52. The zero-order chi connectivity index (χ0) is 18.4. The molecule has 2 aliphatic rings. The Morgan fingerprint density at radius 1 is 1.27 bits per heavy atom. The fourth-order valence-corrected chi connectivity index (χ4v) is 3.60. The average molecular weight is 356 g/mol. The van der Waals surface area contributed by atoms with Crippen LogP contribution in [0.3, 0.4) is 0 Å². The molecule has 1 N–H and O–H groups in total. The van der Waals surface area contributed by atoms with E-state index in [1.54, 1.807) is 0 Å². The molecule has 0 unspecified atom stereocenters. The lowest BCUT2D eigenvalue weighted by molar-refractivity contribution is -0.112. The summed E-state index contributed by atoms with van der Waals surface area (Å²) >= 11 is 0. The lowest BCUT2D eigenvalue weighted by atomic mass is 10.0. The van der Waals surface area contributed by atoms with Gasteiger partial charge in [-0.25, -0.2) is 4.39 Å². The Bertz CT molecular complexity index is 955. The van der Waals surface area contributed by atoms with Crippen LogP contribution < -0.4 is 9.64 Å². The van der Waals surface area contributed by atoms with Crippen molar-refractivity contribution in [1.82, 2.24) is 0 Å². The number of rotatable bonds is 2. The summed E-state index contributed by atoms with van der Waals surface area (Å²) in [5.41, 5.74) is 4.20. The Morgan fingerprint density at radius 3 is 2.85 bits per heavy atom. The number of carbonyl (C=O) groups excluding carboxylic acids is 1. The molecule has 134 valence electrons. The number of benzene rings is 2. The van der Waals surface area contributed by atoms with Gasteiger partial charge in [0.15, 0.2) is 12.5 Å². The minimum atomic E-state index is -0.429. The van der Waals surface area contributed by atoms with Crippen LogP contribution in [0.25, 0.3) is 0 Å². The van der Waals surface area contributed by atoms with Crippen LogP contribution in [0.5, 0.6) is 5.75 Å². The first-order chi connectivity index (χ1) is 12.5. The van der Waals surface area contributed by atoms with Gasteiger partial charge in [-0.2, -0.15) is 0 Å². The van der Waals surface area contributed by atoms with Crippen molar-refractivity contribution in [3.8, 4) is 5.75 Å². The molecule has 0 aliphatic carbocycles. The van der Waals surface area contributed by atoms with Crippen molar-refractivity contribution >= 4 is 17.3 Å². The molecule has 0 atom stereocenters. The first-order valence-corrected chi connectivity index (χ1v) is 8.17. The number of carbonyl (C=O) groups is 1. The molecule has 0 spiro atoms. The summed E-state index contributed by atoms with van der Waals surface area (Å²) in [4.78, 5) is 14.3. The topological polar surface area (TPSA) is 71.4 Å². The first kappa shape index (κ1) is 16.5. The van der Waals surface area contributed by atoms with Crippen molar-refractivity contribution in [2.45, 2.75) is 27.0 Å². The monoisotopic (exact) mass is 356 g/mol. The number of anilines is 1. The summed E-state index contributed by atoms with van der Waals surface area (Å²) in [5, 5.41) is 12.5. The maximum atomic E-state index is 14.0. The zero-order valence-electron chi connectivity index (χ0n) is 14.4. The lowest BCUT2D eigenvalue weighted by Gasteiger charge is -2.24. The van der Waals surface area contributed by atoms with Gasteiger partial charge < -0.3 is 19.6 Å². The largest absolute Gasteiger partial charge is 0.467 e. The summed E-state index contributed by atoms with van der Waals surface area (Å²) in [5.74, 6) is -0.316. The maximum absolute atomic E-state index is 14.0. The van der Waals surface area contributed by atoms with Crippen LogP contribution in [-0.4, -0.2) is 23.6 Å². The van der Waals surface area contributed by atoms with Gasteiger partial charge in [0.05, 0.1) is 18.8 Å². The maximum Gasteiger partial charge on any atom is 0.281 e. The molecule has 26 heavy (non-hydrogen) atoms. The summed E-state index contributed by atoms with van der Waals surface area (Å²) in [6.45, 7) is 4.23. The SMILES string of the molecule is Cc1cc(C)c2c(c1)N(Cc1cc(F)cc3c1OCOC3)C(=O)/C2=N\O. The molecule has 6 nitrogen and oxygen atoms in total. The molecule has 2 heterocycles. The molecular weight excluding hydrogens is 339 g/mol. The normalized spacial score (nSPS) is 17.3. The van der Waals surface area contributed by atoms with E-state index in [0.29, 0.717) is 28.1 Å². The van der Waals surface area contributed by atoms with E-state index in [4.69, 9.17) is 9.47 Å². The van der Waals surface area contributed by atoms with E-state index in [1.165, 1.54) is 17.0 Å². The fraction of sp³-hybridized carbons (Fsp3) is 0.263. The zero-order valence-corrected chi connectivity index (χ0v) is 14.4. The molecule has 2 aromatic rings. The standard InChI is InChI=1S/C19H17FN2O4/c1-10-3-11(2)16-15(4-10)22(19(23)17(16)21-24)7-12-5-14(20)6-13-8-25-9-26-18(12)13/h3-6,24H,7-9H2,1-2H3/b21-17-. The summed E-state index contributed by atoms with van der Waals surface area (Å²) in [7, 11) is 0. The Hall–Kier alpha value is -2.93. The summed E-state index contributed by atoms with van der Waals surface area (Å²) in [6, 6.07) is 6.50. The van der Waals surface area contributed by atoms with E-state index in [-0.39, 0.29) is 25.7 Å². The number of amides is 1. The Morgan fingerprint density at radius 2 is 2.08 bits per heavy atom. The molecule has 2 aliphatic heterocycles. The smallest absolute Gasteiger partial charge is 0.281 e. The van der Waals surface area contributed by atoms with Crippen LogP contribution in [-0.2, 0) is 22.7 Å². The van der Waals surface area contributed by atoms with Gasteiger partial charge in [0, 0.05) is 16.7 Å². The number of oxime groups is 1. The van der Waals surface area contributed by atoms with E-state index < -0.39 is 11.7 Å². The minimum Gasteiger partial charge on any atom is -0.467 e. The number of ether oxygens (including phenoxy) is 2. The van der Waals surface area contributed by atoms with Crippen molar-refractivity contribution in [3.63, 3.8) is 0 Å². The van der Waals surface area contributed by atoms with E-state index in [2.05, 4.69) is 5.16 Å². The number of nitrogens with zero attached hydrogens (tertiary/aromatic N) is 2. The van der Waals surface area contributed by atoms with Crippen LogP contribution >= 0.6 is 0 Å². The molecule has 0 bridgehead atoms. The Labute approximate surface area is 149 Å². The second kappa shape index (κ2) is 6.10. The molecule has 0 saturated heterocycles. The highest BCUT2D eigenvalue weighted by Crippen LogP contribution is 2.37. The van der Waals surface area contributed by atoms with Crippen molar-refractivity contribution in [2.75, 3.05) is 11.7 Å². The van der Waals surface area contributed by atoms with Crippen molar-refractivity contribution < 1.29 is 23.9 Å². The van der Waals surface area contributed by atoms with E-state index in [9.17, 15) is 14.4 Å². The first-order valence-electron chi connectivity index (χ1n) is 8.17. The van der Waals surface area contributed by atoms with Gasteiger partial charge in [-0.05, 0) is 43.2 Å². The van der Waals surface area contributed by atoms with Gasteiger partial charge in [0.2, 0.25) is 0 Å². The van der Waals surface area contributed by atoms with Crippen molar-refractivity contribution in [1.29, 1.82) is 0 Å². The molecular formula is C19H17FN2O4. The molecule has 4 rings (SSSR count). The van der Waals surface area contributed by atoms with E-state index in [1.807, 2.05) is 26.0 Å². The predicted octanol–water partition coefficient (Wildman–Crippen LogP) is 3.03. The Balaban J connectivity index is 1.81. The minimum absolute atomic E-state index is 0.00739. The van der Waals surface area contributed by atoms with Gasteiger partial charge in [0.25, 0.3) is 5.91 Å². The van der Waals surface area contributed by atoms with Crippen LogP contribution in [0.4, 0.5) is 10.1 Å². The number of hydrogen-bond acceptors (Lipinski definition) is 5. The Kier molecular flexibility index (Phi) is 3.88. The van der Waals surface area contributed by atoms with Crippen LogP contribution in [0.1, 0.15) is 27.8 Å². The van der Waals surface area contributed by atoms with Gasteiger partial charge in [-0.3, -0.25) is 4.79 Å². The third-order valence-corrected chi connectivity index (χ3v) is 4.61. The van der Waals surface area contributed by atoms with E-state index in [0.717, 1.165) is 11.1 Å². The van der Waals surface area contributed by atoms with Gasteiger partial charge in [-0.1, -0.05) is 11.2 Å². The highest BCUT2D eigenvalue weighted by atomic mass is 19.1. The second-order valence-electron chi connectivity index (χ2n) is 6.48. The average Bonchev–Trinajstić information content (AvgIpc) is 2.86. The highest BCUT2D eigenvalue weighted by molar-refractivity contribution is 6.54. The quantitative estimate of drug-likeness (QED) is 0.663. The number of aryl methyl sites for hydroxylation is 2. The van der Waals surface area contributed by atoms with Crippen LogP contribution in [0, 0.1) is 19.7 Å². The van der Waals surface area contributed by atoms with Crippen molar-refractivity contribution in [2.24, 2.45) is 5.16 Å². The number of halogens is 1. The molecule has 0 fully saturated rings. The predicted molar refractivity (Wildman–Crippen MR) is 92.1 cm³/mol. The van der Waals surface area contributed by atoms with E-state index >= 15 is 0 Å². The van der Waals surface area contributed by atoms with Gasteiger partial charge >= 0.3 is 0 Å². The molecule has 1 amide bonds. The summed E-state index contributed by atoms with van der Waals surface area (Å²) < 4.78 is 24.7. The van der Waals surface area contributed by atoms with Crippen LogP contribution in [0.15, 0.2) is 29.4 Å². The molecule has 0 radical (unpaired) electrons.